The molecule has 0 saturated heterocycles. The maximum Gasteiger partial charge on any atom is 0.253 e. The summed E-state index contributed by atoms with van der Waals surface area (Å²) in [5.41, 5.74) is 2.98. The van der Waals surface area contributed by atoms with Crippen molar-refractivity contribution in [1.82, 2.24) is 15.6 Å². The number of benzene rings is 1. The molecule has 1 aromatic carbocycles. The molecule has 0 fully saturated rings. The maximum atomic E-state index is 12.2. The first-order chi connectivity index (χ1) is 10.1. The van der Waals surface area contributed by atoms with Crippen LogP contribution in [-0.4, -0.2) is 29.9 Å². The van der Waals surface area contributed by atoms with Crippen LogP contribution in [0.15, 0.2) is 30.5 Å². The first-order valence-corrected chi connectivity index (χ1v) is 6.50. The number of hydrazine groups is 1. The maximum absolute atomic E-state index is 12.2. The minimum absolute atomic E-state index is 0.130. The number of fused-ring (bicyclic) bond motifs is 1. The fraction of sp³-hybridized carbons (Fsp3) is 0.214. The molecule has 5 N–H and O–H groups in total. The number of hydrogen-bond acceptors (Lipinski definition) is 5. The Kier molecular flexibility index (Phi) is 4.68. The number of amides is 2. The molecule has 0 aliphatic rings. The Labute approximate surface area is 121 Å². The van der Waals surface area contributed by atoms with Gasteiger partial charge in [0, 0.05) is 31.6 Å². The highest BCUT2D eigenvalue weighted by atomic mass is 16.2. The van der Waals surface area contributed by atoms with Gasteiger partial charge in [-0.15, -0.1) is 0 Å². The van der Waals surface area contributed by atoms with Crippen LogP contribution in [-0.2, 0) is 4.79 Å². The Morgan fingerprint density at radius 1 is 1.14 bits per heavy atom. The van der Waals surface area contributed by atoms with Gasteiger partial charge >= 0.3 is 0 Å². The molecule has 7 nitrogen and oxygen atoms in total. The zero-order chi connectivity index (χ0) is 15.2. The molecular weight excluding hydrogens is 270 g/mol. The van der Waals surface area contributed by atoms with Crippen molar-refractivity contribution < 1.29 is 9.59 Å². The number of anilines is 1. The van der Waals surface area contributed by atoms with Crippen molar-refractivity contribution >= 4 is 28.4 Å². The monoisotopic (exact) mass is 287 g/mol. The Balaban J connectivity index is 2.18. The number of nitrogens with one attached hydrogen (secondary N) is 3. The van der Waals surface area contributed by atoms with Crippen LogP contribution in [0.3, 0.4) is 0 Å². The number of carbonyl (C=O) groups excluding carboxylic acids is 2. The lowest BCUT2D eigenvalue weighted by molar-refractivity contribution is -0.118. The first-order valence-electron chi connectivity index (χ1n) is 6.50. The molecule has 2 aromatic rings. The van der Waals surface area contributed by atoms with Crippen LogP contribution < -0.4 is 21.9 Å². The van der Waals surface area contributed by atoms with Gasteiger partial charge in [0.15, 0.2) is 0 Å². The second-order valence-corrected chi connectivity index (χ2v) is 4.45. The fourth-order valence-corrected chi connectivity index (χ4v) is 2.00. The number of nitrogen functional groups attached to an aromatic ring is 1. The zero-order valence-electron chi connectivity index (χ0n) is 11.6. The third-order valence-electron chi connectivity index (χ3n) is 2.96. The van der Waals surface area contributed by atoms with Crippen molar-refractivity contribution in [2.45, 2.75) is 6.92 Å². The van der Waals surface area contributed by atoms with E-state index in [9.17, 15) is 9.59 Å². The van der Waals surface area contributed by atoms with E-state index in [1.54, 1.807) is 0 Å². The number of carbonyl (C=O) groups is 2. The van der Waals surface area contributed by atoms with Gasteiger partial charge in [-0.1, -0.05) is 24.3 Å². The third-order valence-corrected chi connectivity index (χ3v) is 2.96. The summed E-state index contributed by atoms with van der Waals surface area (Å²) in [7, 11) is 0. The van der Waals surface area contributed by atoms with Gasteiger partial charge in [0.05, 0.1) is 5.56 Å². The average molecular weight is 287 g/mol. The van der Waals surface area contributed by atoms with E-state index in [1.165, 1.54) is 13.1 Å². The van der Waals surface area contributed by atoms with Crippen LogP contribution in [0.2, 0.25) is 0 Å². The van der Waals surface area contributed by atoms with Crippen molar-refractivity contribution in [3.05, 3.63) is 36.0 Å². The van der Waals surface area contributed by atoms with Gasteiger partial charge in [0.1, 0.15) is 5.82 Å². The highest BCUT2D eigenvalue weighted by molar-refractivity contribution is 6.09. The number of nitrogens with two attached hydrogens (primary N) is 1. The topological polar surface area (TPSA) is 109 Å². The molecule has 7 heteroatoms. The lowest BCUT2D eigenvalue weighted by Crippen LogP contribution is -2.33. The number of rotatable bonds is 5. The van der Waals surface area contributed by atoms with Crippen molar-refractivity contribution in [3.8, 4) is 0 Å². The summed E-state index contributed by atoms with van der Waals surface area (Å²) in [6, 6.07) is 7.37. The summed E-state index contributed by atoms with van der Waals surface area (Å²) < 4.78 is 0. The Morgan fingerprint density at radius 3 is 2.48 bits per heavy atom. The van der Waals surface area contributed by atoms with Gasteiger partial charge < -0.3 is 16.1 Å². The molecule has 1 heterocycles. The zero-order valence-corrected chi connectivity index (χ0v) is 11.6. The molecule has 0 atom stereocenters. The fourth-order valence-electron chi connectivity index (χ4n) is 2.00. The lowest BCUT2D eigenvalue weighted by atomic mass is 10.1. The molecule has 0 radical (unpaired) electrons. The Bertz CT molecular complexity index is 671. The van der Waals surface area contributed by atoms with Gasteiger partial charge in [0.2, 0.25) is 5.91 Å². The van der Waals surface area contributed by atoms with E-state index in [1.807, 2.05) is 24.3 Å². The van der Waals surface area contributed by atoms with E-state index in [2.05, 4.69) is 21.0 Å². The second-order valence-electron chi connectivity index (χ2n) is 4.45. The number of pyridine rings is 1. The summed E-state index contributed by atoms with van der Waals surface area (Å²) in [6.07, 6.45) is 1.48. The minimum atomic E-state index is -0.243. The predicted octanol–water partition coefficient (Wildman–Crippen LogP) is 0.386. The average Bonchev–Trinajstić information content (AvgIpc) is 2.50. The molecule has 0 aliphatic heterocycles. The summed E-state index contributed by atoms with van der Waals surface area (Å²) in [5.74, 6) is 5.56. The van der Waals surface area contributed by atoms with Crippen molar-refractivity contribution in [3.63, 3.8) is 0 Å². The van der Waals surface area contributed by atoms with Crippen LogP contribution in [0, 0.1) is 0 Å². The van der Waals surface area contributed by atoms with E-state index >= 15 is 0 Å². The Hall–Kier alpha value is -2.67. The number of nitrogens with zero attached hydrogens (tertiary/aromatic N) is 1. The van der Waals surface area contributed by atoms with E-state index in [4.69, 9.17) is 5.84 Å². The number of aromatic nitrogens is 1. The highest BCUT2D eigenvalue weighted by Crippen LogP contribution is 2.23. The molecule has 0 aliphatic carbocycles. The molecule has 0 bridgehead atoms. The summed E-state index contributed by atoms with van der Waals surface area (Å²) in [6.45, 7) is 2.16. The van der Waals surface area contributed by atoms with Crippen molar-refractivity contribution in [1.29, 1.82) is 0 Å². The first kappa shape index (κ1) is 14.7. The van der Waals surface area contributed by atoms with E-state index in [-0.39, 0.29) is 11.8 Å². The third kappa shape index (κ3) is 3.46. The van der Waals surface area contributed by atoms with Crippen LogP contribution in [0.1, 0.15) is 17.3 Å². The molecule has 21 heavy (non-hydrogen) atoms. The highest BCUT2D eigenvalue weighted by Gasteiger charge is 2.12. The molecule has 110 valence electrons. The van der Waals surface area contributed by atoms with Gasteiger partial charge in [-0.25, -0.2) is 10.8 Å². The summed E-state index contributed by atoms with van der Waals surface area (Å²) >= 11 is 0. The molecule has 0 spiro atoms. The van der Waals surface area contributed by atoms with Crippen molar-refractivity contribution in [2.75, 3.05) is 18.5 Å². The smallest absolute Gasteiger partial charge is 0.253 e. The normalized spacial score (nSPS) is 10.2. The molecule has 2 rings (SSSR count). The van der Waals surface area contributed by atoms with Gasteiger partial charge in [-0.2, -0.15) is 0 Å². The quantitative estimate of drug-likeness (QED) is 0.361. The molecule has 0 unspecified atom stereocenters. The molecule has 2 amide bonds. The van der Waals surface area contributed by atoms with Gasteiger partial charge in [-0.3, -0.25) is 9.59 Å². The van der Waals surface area contributed by atoms with E-state index in [0.29, 0.717) is 24.5 Å². The van der Waals surface area contributed by atoms with Crippen LogP contribution in [0.4, 0.5) is 5.82 Å². The van der Waals surface area contributed by atoms with Crippen LogP contribution in [0.25, 0.3) is 10.8 Å². The molecule has 0 saturated carbocycles. The second kappa shape index (κ2) is 6.67. The summed E-state index contributed by atoms with van der Waals surface area (Å²) in [4.78, 5) is 27.1. The van der Waals surface area contributed by atoms with Crippen LogP contribution in [0.5, 0.6) is 0 Å². The van der Waals surface area contributed by atoms with Gasteiger partial charge in [-0.05, 0) is 5.39 Å². The van der Waals surface area contributed by atoms with Crippen LogP contribution >= 0.6 is 0 Å². The molecular formula is C14H17N5O2. The standard InChI is InChI=1S/C14H17N5O2/c1-9(20)16-6-7-17-14(21)12-8-18-13(19-15)11-5-3-2-4-10(11)12/h2-5,8H,6-7,15H2,1H3,(H,16,20)(H,17,21)(H,18,19). The minimum Gasteiger partial charge on any atom is -0.355 e. The van der Waals surface area contributed by atoms with Gasteiger partial charge in [0.25, 0.3) is 5.91 Å². The van der Waals surface area contributed by atoms with Crippen molar-refractivity contribution in [2.24, 2.45) is 5.84 Å². The molecule has 1 aromatic heterocycles. The SMILES string of the molecule is CC(=O)NCCNC(=O)c1cnc(NN)c2ccccc12. The largest absolute Gasteiger partial charge is 0.355 e. The lowest BCUT2D eigenvalue weighted by Gasteiger charge is -2.10. The predicted molar refractivity (Wildman–Crippen MR) is 80.6 cm³/mol. The Morgan fingerprint density at radius 2 is 1.81 bits per heavy atom. The van der Waals surface area contributed by atoms with E-state index < -0.39 is 0 Å². The van der Waals surface area contributed by atoms with E-state index in [0.717, 1.165) is 10.8 Å². The number of hydrogen-bond donors (Lipinski definition) is 4. The summed E-state index contributed by atoms with van der Waals surface area (Å²) in [5, 5.41) is 6.88.